The van der Waals surface area contributed by atoms with Crippen molar-refractivity contribution in [1.82, 2.24) is 5.32 Å². The van der Waals surface area contributed by atoms with Crippen LogP contribution in [0.3, 0.4) is 0 Å². The average molecular weight is 200 g/mol. The third kappa shape index (κ3) is 5.34. The smallest absolute Gasteiger partial charge is 0.245 e. The molecule has 5 heteroatoms. The molecule has 80 valence electrons. The molecule has 0 fully saturated rings. The first kappa shape index (κ1) is 12.7. The van der Waals surface area contributed by atoms with Gasteiger partial charge in [0.05, 0.1) is 12.7 Å². The number of nitrogens with two attached hydrogens (primary N) is 1. The zero-order valence-corrected chi connectivity index (χ0v) is 8.36. The summed E-state index contributed by atoms with van der Waals surface area (Å²) < 4.78 is 4.86. The molecule has 0 aliphatic rings. The van der Waals surface area contributed by atoms with E-state index in [1.54, 1.807) is 19.2 Å². The number of carbonyl (C=O) groups is 1. The van der Waals surface area contributed by atoms with Crippen molar-refractivity contribution in [2.75, 3.05) is 13.7 Å². The molecular formula is C9H16N2O3. The zero-order valence-electron chi connectivity index (χ0n) is 8.36. The minimum absolute atomic E-state index is 0.0901. The summed E-state index contributed by atoms with van der Waals surface area (Å²) in [4.78, 5) is 10.6. The number of rotatable bonds is 6. The summed E-state index contributed by atoms with van der Waals surface area (Å²) in [6.07, 6.45) is 4.33. The Morgan fingerprint density at radius 3 is 2.79 bits per heavy atom. The molecule has 0 aromatic heterocycles. The van der Waals surface area contributed by atoms with Crippen LogP contribution in [0.5, 0.6) is 0 Å². The van der Waals surface area contributed by atoms with E-state index >= 15 is 0 Å². The largest absolute Gasteiger partial charge is 0.393 e. The van der Waals surface area contributed by atoms with Crippen molar-refractivity contribution >= 4 is 5.91 Å². The van der Waals surface area contributed by atoms with Gasteiger partial charge in [0, 0.05) is 18.9 Å². The van der Waals surface area contributed by atoms with Crippen LogP contribution in [-0.4, -0.2) is 30.8 Å². The van der Waals surface area contributed by atoms with E-state index in [-0.39, 0.29) is 12.7 Å². The molecule has 0 spiro atoms. The molecule has 0 saturated heterocycles. The molecule has 0 saturated carbocycles. The number of aliphatic hydroxyl groups excluding tert-OH is 1. The highest BCUT2D eigenvalue weighted by molar-refractivity contribution is 5.91. The number of ether oxygens (including phenoxy) is 1. The third-order valence-corrected chi connectivity index (χ3v) is 1.58. The molecule has 14 heavy (non-hydrogen) atoms. The first-order valence-electron chi connectivity index (χ1n) is 4.14. The van der Waals surface area contributed by atoms with E-state index in [1.807, 2.05) is 0 Å². The van der Waals surface area contributed by atoms with Gasteiger partial charge in [-0.2, -0.15) is 0 Å². The van der Waals surface area contributed by atoms with Crippen LogP contribution in [0.15, 0.2) is 24.0 Å². The van der Waals surface area contributed by atoms with Crippen LogP contribution in [0, 0.1) is 0 Å². The zero-order chi connectivity index (χ0) is 11.0. The van der Waals surface area contributed by atoms with E-state index in [1.165, 1.54) is 13.3 Å². The van der Waals surface area contributed by atoms with E-state index in [2.05, 4.69) is 5.32 Å². The molecule has 0 aromatic rings. The van der Waals surface area contributed by atoms with Gasteiger partial charge < -0.3 is 20.9 Å². The molecule has 0 rings (SSSR count). The Morgan fingerprint density at radius 2 is 2.36 bits per heavy atom. The lowest BCUT2D eigenvalue weighted by Crippen LogP contribution is -2.15. The Labute approximate surface area is 83.2 Å². The fourth-order valence-corrected chi connectivity index (χ4v) is 0.621. The van der Waals surface area contributed by atoms with Gasteiger partial charge in [-0.3, -0.25) is 4.79 Å². The van der Waals surface area contributed by atoms with Crippen LogP contribution in [0.25, 0.3) is 0 Å². The van der Waals surface area contributed by atoms with Crippen molar-refractivity contribution in [2.45, 2.75) is 13.0 Å². The Kier molecular flexibility index (Phi) is 6.43. The van der Waals surface area contributed by atoms with Gasteiger partial charge in [-0.1, -0.05) is 0 Å². The normalized spacial score (nSPS) is 14.4. The number of nitrogens with one attached hydrogen (secondary N) is 1. The van der Waals surface area contributed by atoms with Crippen molar-refractivity contribution in [3.8, 4) is 0 Å². The van der Waals surface area contributed by atoms with E-state index < -0.39 is 5.91 Å². The molecule has 4 N–H and O–H groups in total. The molecular weight excluding hydrogens is 184 g/mol. The van der Waals surface area contributed by atoms with E-state index in [4.69, 9.17) is 15.6 Å². The van der Waals surface area contributed by atoms with Crippen LogP contribution in [-0.2, 0) is 9.53 Å². The molecule has 0 radical (unpaired) electrons. The Bertz CT molecular complexity index is 232. The Balaban J connectivity index is 3.93. The first-order valence-corrected chi connectivity index (χ1v) is 4.14. The van der Waals surface area contributed by atoms with Gasteiger partial charge in [-0.15, -0.1) is 0 Å². The van der Waals surface area contributed by atoms with E-state index in [9.17, 15) is 4.79 Å². The highest BCUT2D eigenvalue weighted by Crippen LogP contribution is 1.90. The van der Waals surface area contributed by atoms with Gasteiger partial charge >= 0.3 is 0 Å². The Hall–Kier alpha value is -1.33. The predicted octanol–water partition coefficient (Wildman–Crippen LogP) is -0.514. The molecule has 0 aliphatic carbocycles. The lowest BCUT2D eigenvalue weighted by molar-refractivity contribution is -0.114. The van der Waals surface area contributed by atoms with Crippen molar-refractivity contribution in [2.24, 2.45) is 5.73 Å². The first-order chi connectivity index (χ1) is 6.61. The summed E-state index contributed by atoms with van der Waals surface area (Å²) in [5, 5.41) is 11.5. The standard InChI is InChI=1S/C9H16N2O3/c1-7(9(10)13)5-11-4-3-8(6-12)14-2/h3-5,8,11-12H,6H2,1-2H3,(H2,10,13)/b4-3-,7-5-. The fourth-order valence-electron chi connectivity index (χ4n) is 0.621. The molecule has 0 aliphatic heterocycles. The Morgan fingerprint density at radius 1 is 1.71 bits per heavy atom. The van der Waals surface area contributed by atoms with Crippen LogP contribution in [0.4, 0.5) is 0 Å². The highest BCUT2D eigenvalue weighted by Gasteiger charge is 1.97. The molecule has 1 unspecified atom stereocenters. The van der Waals surface area contributed by atoms with Crippen LogP contribution < -0.4 is 11.1 Å². The minimum atomic E-state index is -0.476. The predicted molar refractivity (Wildman–Crippen MR) is 53.1 cm³/mol. The number of hydrogen-bond donors (Lipinski definition) is 3. The molecule has 0 heterocycles. The maximum Gasteiger partial charge on any atom is 0.245 e. The summed E-state index contributed by atoms with van der Waals surface area (Å²) in [7, 11) is 1.50. The maximum atomic E-state index is 10.6. The second kappa shape index (κ2) is 7.11. The van der Waals surface area contributed by atoms with Crippen molar-refractivity contribution in [1.29, 1.82) is 0 Å². The number of methoxy groups -OCH3 is 1. The second-order valence-electron chi connectivity index (χ2n) is 2.67. The molecule has 1 atom stereocenters. The van der Waals surface area contributed by atoms with E-state index in [0.717, 1.165) is 0 Å². The summed E-state index contributed by atoms with van der Waals surface area (Å²) in [5.74, 6) is -0.476. The lowest BCUT2D eigenvalue weighted by atomic mass is 10.3. The van der Waals surface area contributed by atoms with Gasteiger partial charge in [-0.25, -0.2) is 0 Å². The molecule has 0 aromatic carbocycles. The van der Waals surface area contributed by atoms with Gasteiger partial charge in [-0.05, 0) is 19.2 Å². The van der Waals surface area contributed by atoms with Crippen LogP contribution in [0.2, 0.25) is 0 Å². The quantitative estimate of drug-likeness (QED) is 0.504. The monoisotopic (exact) mass is 200 g/mol. The summed E-state index contributed by atoms with van der Waals surface area (Å²) in [6.45, 7) is 1.51. The summed E-state index contributed by atoms with van der Waals surface area (Å²) in [6, 6.07) is 0. The second-order valence-corrected chi connectivity index (χ2v) is 2.67. The fraction of sp³-hybridized carbons (Fsp3) is 0.444. The number of primary amides is 1. The maximum absolute atomic E-state index is 10.6. The van der Waals surface area contributed by atoms with Crippen LogP contribution >= 0.6 is 0 Å². The van der Waals surface area contributed by atoms with E-state index in [0.29, 0.717) is 5.57 Å². The number of amides is 1. The van der Waals surface area contributed by atoms with Crippen molar-refractivity contribution in [3.63, 3.8) is 0 Å². The number of hydrogen-bond acceptors (Lipinski definition) is 4. The van der Waals surface area contributed by atoms with Crippen molar-refractivity contribution in [3.05, 3.63) is 24.0 Å². The topological polar surface area (TPSA) is 84.6 Å². The van der Waals surface area contributed by atoms with Gasteiger partial charge in [0.2, 0.25) is 5.91 Å². The number of aliphatic hydroxyl groups is 1. The molecule has 0 bridgehead atoms. The molecule has 1 amide bonds. The molecule has 5 nitrogen and oxygen atoms in total. The van der Waals surface area contributed by atoms with Crippen LogP contribution in [0.1, 0.15) is 6.92 Å². The summed E-state index contributed by atoms with van der Waals surface area (Å²) in [5.41, 5.74) is 5.42. The van der Waals surface area contributed by atoms with Gasteiger partial charge in [0.1, 0.15) is 0 Å². The minimum Gasteiger partial charge on any atom is -0.393 e. The van der Waals surface area contributed by atoms with Gasteiger partial charge in [0.15, 0.2) is 0 Å². The average Bonchev–Trinajstić information content (AvgIpc) is 2.17. The highest BCUT2D eigenvalue weighted by atomic mass is 16.5. The lowest BCUT2D eigenvalue weighted by Gasteiger charge is -2.05. The number of carbonyl (C=O) groups excluding carboxylic acids is 1. The van der Waals surface area contributed by atoms with Gasteiger partial charge in [0.25, 0.3) is 0 Å². The summed E-state index contributed by atoms with van der Waals surface area (Å²) >= 11 is 0. The SMILES string of the molecule is COC(/C=C\N/C=C(/C)C(N)=O)CO. The van der Waals surface area contributed by atoms with Crippen molar-refractivity contribution < 1.29 is 14.6 Å². The third-order valence-electron chi connectivity index (χ3n) is 1.58.